The molecule has 0 aliphatic carbocycles. The van der Waals surface area contributed by atoms with Gasteiger partial charge in [0, 0.05) is 16.9 Å². The Morgan fingerprint density at radius 1 is 0.828 bits per heavy atom. The molecular formula is C21H19N3O3S2. The molecule has 6 nitrogen and oxygen atoms in total. The number of nitrogens with one attached hydrogen (secondary N) is 3. The third kappa shape index (κ3) is 5.63. The third-order valence-electron chi connectivity index (χ3n) is 3.99. The standard InChI is InChI=1S/C21H19N3O3S2/c1-15-7-9-16(10-8-15)20(25)23-21(28)22-17-11-13-19(14-12-17)29(26,27)24-18-5-3-2-4-6-18/h2-14,24H,1H3,(H2,22,23,25,28). The number of thiocarbonyl (C=S) groups is 1. The number of hydrogen-bond acceptors (Lipinski definition) is 4. The predicted molar refractivity (Wildman–Crippen MR) is 119 cm³/mol. The summed E-state index contributed by atoms with van der Waals surface area (Å²) in [5.41, 5.74) is 2.58. The maximum Gasteiger partial charge on any atom is 0.261 e. The van der Waals surface area contributed by atoms with Crippen LogP contribution >= 0.6 is 12.2 Å². The van der Waals surface area contributed by atoms with Crippen molar-refractivity contribution >= 4 is 44.6 Å². The first kappa shape index (κ1) is 20.5. The number of benzene rings is 3. The largest absolute Gasteiger partial charge is 0.332 e. The van der Waals surface area contributed by atoms with E-state index in [1.807, 2.05) is 19.1 Å². The van der Waals surface area contributed by atoms with E-state index in [1.54, 1.807) is 54.6 Å². The molecule has 3 aromatic carbocycles. The van der Waals surface area contributed by atoms with E-state index in [9.17, 15) is 13.2 Å². The second kappa shape index (κ2) is 8.85. The van der Waals surface area contributed by atoms with Crippen LogP contribution in [0.15, 0.2) is 83.8 Å². The van der Waals surface area contributed by atoms with E-state index < -0.39 is 10.0 Å². The zero-order chi connectivity index (χ0) is 20.9. The van der Waals surface area contributed by atoms with Crippen molar-refractivity contribution in [1.82, 2.24) is 5.32 Å². The van der Waals surface area contributed by atoms with E-state index in [0.29, 0.717) is 16.9 Å². The van der Waals surface area contributed by atoms with Crippen molar-refractivity contribution in [3.8, 4) is 0 Å². The average Bonchev–Trinajstić information content (AvgIpc) is 2.69. The van der Waals surface area contributed by atoms with Gasteiger partial charge in [-0.15, -0.1) is 0 Å². The summed E-state index contributed by atoms with van der Waals surface area (Å²) in [6.07, 6.45) is 0. The van der Waals surface area contributed by atoms with Crippen LogP contribution < -0.4 is 15.4 Å². The van der Waals surface area contributed by atoms with Gasteiger partial charge in [0.1, 0.15) is 0 Å². The lowest BCUT2D eigenvalue weighted by Crippen LogP contribution is -2.34. The molecule has 0 atom stereocenters. The Labute approximate surface area is 175 Å². The quantitative estimate of drug-likeness (QED) is 0.539. The Bertz CT molecular complexity index is 1110. The Balaban J connectivity index is 1.62. The van der Waals surface area contributed by atoms with Crippen molar-refractivity contribution in [2.75, 3.05) is 10.0 Å². The van der Waals surface area contributed by atoms with Gasteiger partial charge in [-0.05, 0) is 67.7 Å². The summed E-state index contributed by atoms with van der Waals surface area (Å²) in [4.78, 5) is 12.3. The number of para-hydroxylation sites is 1. The highest BCUT2D eigenvalue weighted by molar-refractivity contribution is 7.92. The second-order valence-electron chi connectivity index (χ2n) is 6.27. The molecule has 0 radical (unpaired) electrons. The number of hydrogen-bond donors (Lipinski definition) is 3. The topological polar surface area (TPSA) is 87.3 Å². The Morgan fingerprint density at radius 3 is 2.07 bits per heavy atom. The van der Waals surface area contributed by atoms with Crippen molar-refractivity contribution < 1.29 is 13.2 Å². The second-order valence-corrected chi connectivity index (χ2v) is 8.36. The summed E-state index contributed by atoms with van der Waals surface area (Å²) in [6.45, 7) is 1.94. The summed E-state index contributed by atoms with van der Waals surface area (Å²) in [5.74, 6) is -0.325. The Morgan fingerprint density at radius 2 is 1.45 bits per heavy atom. The van der Waals surface area contributed by atoms with Gasteiger partial charge in [0.15, 0.2) is 5.11 Å². The normalized spacial score (nSPS) is 10.8. The lowest BCUT2D eigenvalue weighted by molar-refractivity contribution is 0.0977. The minimum absolute atomic E-state index is 0.113. The van der Waals surface area contributed by atoms with E-state index in [4.69, 9.17) is 12.2 Å². The van der Waals surface area contributed by atoms with Crippen LogP contribution in [0.3, 0.4) is 0 Å². The molecular weight excluding hydrogens is 406 g/mol. The Kier molecular flexibility index (Phi) is 6.26. The van der Waals surface area contributed by atoms with Gasteiger partial charge in [-0.3, -0.25) is 14.8 Å². The molecule has 29 heavy (non-hydrogen) atoms. The predicted octanol–water partition coefficient (Wildman–Crippen LogP) is 3.92. The zero-order valence-corrected chi connectivity index (χ0v) is 17.2. The molecule has 1 amide bonds. The number of anilines is 2. The monoisotopic (exact) mass is 425 g/mol. The summed E-state index contributed by atoms with van der Waals surface area (Å²) in [5, 5.41) is 5.58. The van der Waals surface area contributed by atoms with Crippen LogP contribution in [0, 0.1) is 6.92 Å². The summed E-state index contributed by atoms with van der Waals surface area (Å²) >= 11 is 5.16. The van der Waals surface area contributed by atoms with Crippen LogP contribution in [0.4, 0.5) is 11.4 Å². The fraction of sp³-hybridized carbons (Fsp3) is 0.0476. The fourth-order valence-electron chi connectivity index (χ4n) is 2.48. The number of sulfonamides is 1. The molecule has 0 aromatic heterocycles. The van der Waals surface area contributed by atoms with E-state index in [0.717, 1.165) is 5.56 Å². The van der Waals surface area contributed by atoms with Crippen molar-refractivity contribution in [2.45, 2.75) is 11.8 Å². The zero-order valence-electron chi connectivity index (χ0n) is 15.5. The molecule has 0 unspecified atom stereocenters. The number of carbonyl (C=O) groups excluding carboxylic acids is 1. The first-order valence-corrected chi connectivity index (χ1v) is 10.6. The van der Waals surface area contributed by atoms with Gasteiger partial charge in [-0.25, -0.2) is 8.42 Å². The lowest BCUT2D eigenvalue weighted by atomic mass is 10.1. The highest BCUT2D eigenvalue weighted by Crippen LogP contribution is 2.18. The first-order valence-electron chi connectivity index (χ1n) is 8.70. The van der Waals surface area contributed by atoms with Gasteiger partial charge in [-0.1, -0.05) is 35.9 Å². The van der Waals surface area contributed by atoms with Gasteiger partial charge in [0.05, 0.1) is 4.90 Å². The summed E-state index contributed by atoms with van der Waals surface area (Å²) in [7, 11) is -3.70. The minimum atomic E-state index is -3.70. The van der Waals surface area contributed by atoms with Crippen LogP contribution in [-0.2, 0) is 10.0 Å². The number of amides is 1. The highest BCUT2D eigenvalue weighted by atomic mass is 32.2. The molecule has 0 heterocycles. The number of carbonyl (C=O) groups is 1. The molecule has 3 N–H and O–H groups in total. The molecule has 0 saturated carbocycles. The van der Waals surface area contributed by atoms with Crippen LogP contribution in [0.25, 0.3) is 0 Å². The van der Waals surface area contributed by atoms with Crippen LogP contribution in [-0.4, -0.2) is 19.4 Å². The molecule has 0 bridgehead atoms. The van der Waals surface area contributed by atoms with E-state index in [1.165, 1.54) is 12.1 Å². The van der Waals surface area contributed by atoms with Gasteiger partial charge < -0.3 is 5.32 Å². The van der Waals surface area contributed by atoms with Crippen molar-refractivity contribution in [1.29, 1.82) is 0 Å². The average molecular weight is 426 g/mol. The van der Waals surface area contributed by atoms with Crippen molar-refractivity contribution in [2.24, 2.45) is 0 Å². The Hall–Kier alpha value is -3.23. The lowest BCUT2D eigenvalue weighted by Gasteiger charge is -2.11. The molecule has 0 aliphatic heterocycles. The summed E-state index contributed by atoms with van der Waals surface area (Å²) < 4.78 is 27.4. The van der Waals surface area contributed by atoms with E-state index in [2.05, 4.69) is 15.4 Å². The van der Waals surface area contributed by atoms with E-state index in [-0.39, 0.29) is 15.9 Å². The van der Waals surface area contributed by atoms with Gasteiger partial charge in [-0.2, -0.15) is 0 Å². The van der Waals surface area contributed by atoms with Crippen LogP contribution in [0.5, 0.6) is 0 Å². The molecule has 3 aromatic rings. The smallest absolute Gasteiger partial charge is 0.261 e. The van der Waals surface area contributed by atoms with Crippen LogP contribution in [0.1, 0.15) is 15.9 Å². The van der Waals surface area contributed by atoms with Crippen molar-refractivity contribution in [3.63, 3.8) is 0 Å². The van der Waals surface area contributed by atoms with Gasteiger partial charge >= 0.3 is 0 Å². The van der Waals surface area contributed by atoms with Gasteiger partial charge in [0.25, 0.3) is 15.9 Å². The number of rotatable bonds is 5. The maximum absolute atomic E-state index is 12.4. The molecule has 0 saturated heterocycles. The molecule has 3 rings (SSSR count). The third-order valence-corrected chi connectivity index (χ3v) is 5.59. The fourth-order valence-corrected chi connectivity index (χ4v) is 3.75. The molecule has 148 valence electrons. The van der Waals surface area contributed by atoms with E-state index >= 15 is 0 Å². The SMILES string of the molecule is Cc1ccc(C(=O)NC(=S)Nc2ccc(S(=O)(=O)Nc3ccccc3)cc2)cc1. The van der Waals surface area contributed by atoms with Crippen molar-refractivity contribution in [3.05, 3.63) is 90.0 Å². The highest BCUT2D eigenvalue weighted by Gasteiger charge is 2.14. The molecule has 0 aliphatic rings. The summed E-state index contributed by atoms with van der Waals surface area (Å²) in [6, 6.07) is 21.8. The number of aryl methyl sites for hydroxylation is 1. The molecule has 0 fully saturated rings. The van der Waals surface area contributed by atoms with Gasteiger partial charge in [0.2, 0.25) is 0 Å². The maximum atomic E-state index is 12.4. The minimum Gasteiger partial charge on any atom is -0.332 e. The molecule has 0 spiro atoms. The first-order chi connectivity index (χ1) is 13.8. The molecule has 8 heteroatoms. The van der Waals surface area contributed by atoms with Crippen LogP contribution in [0.2, 0.25) is 0 Å².